The zero-order valence-corrected chi connectivity index (χ0v) is 17.5. The van der Waals surface area contributed by atoms with E-state index in [1.807, 2.05) is 24.3 Å². The molecule has 164 valence electrons. The molecule has 0 atom stereocenters. The van der Waals surface area contributed by atoms with Crippen molar-refractivity contribution in [1.29, 1.82) is 0 Å². The van der Waals surface area contributed by atoms with E-state index in [9.17, 15) is 17.6 Å². The number of unbranched alkanes of at least 4 members (excludes halogenated alkanes) is 1. The lowest BCUT2D eigenvalue weighted by molar-refractivity contribution is -0.0498. The van der Waals surface area contributed by atoms with Gasteiger partial charge < -0.3 is 4.74 Å². The third-order valence-corrected chi connectivity index (χ3v) is 5.47. The van der Waals surface area contributed by atoms with Crippen LogP contribution in [-0.2, 0) is 6.42 Å². The van der Waals surface area contributed by atoms with E-state index >= 15 is 0 Å². The molecule has 0 saturated carbocycles. The second-order valence-corrected chi connectivity index (χ2v) is 7.72. The van der Waals surface area contributed by atoms with E-state index in [-0.39, 0.29) is 16.9 Å². The van der Waals surface area contributed by atoms with Gasteiger partial charge in [0.1, 0.15) is 17.4 Å². The molecule has 0 fully saturated rings. The molecular formula is C27H22F4O. The van der Waals surface area contributed by atoms with Gasteiger partial charge in [-0.25, -0.2) is 8.78 Å². The SMILES string of the molecule is CCCCc1ccc2cc(-c3cc(F)c(-c4ccc(OC(F)F)cc4)c(F)c3)ccc2c1. The van der Waals surface area contributed by atoms with Crippen molar-refractivity contribution in [1.82, 2.24) is 0 Å². The summed E-state index contributed by atoms with van der Waals surface area (Å²) in [6, 6.07) is 19.8. The molecule has 0 aromatic heterocycles. The average Bonchev–Trinajstić information content (AvgIpc) is 2.77. The standard InChI is InChI=1S/C27H22F4O/c1-2-3-4-17-5-6-20-14-21(8-7-19(20)13-17)22-15-24(28)26(25(29)16-22)18-9-11-23(12-10-18)32-27(30)31/h5-16,27H,2-4H2,1H3. The molecule has 0 aliphatic rings. The van der Waals surface area contributed by atoms with Crippen molar-refractivity contribution in [3.05, 3.63) is 90.0 Å². The molecule has 0 heterocycles. The van der Waals surface area contributed by atoms with E-state index in [0.29, 0.717) is 11.1 Å². The molecule has 4 aromatic carbocycles. The lowest BCUT2D eigenvalue weighted by atomic mass is 9.96. The zero-order chi connectivity index (χ0) is 22.7. The largest absolute Gasteiger partial charge is 0.435 e. The fourth-order valence-corrected chi connectivity index (χ4v) is 3.83. The van der Waals surface area contributed by atoms with Gasteiger partial charge in [-0.15, -0.1) is 0 Å². The third kappa shape index (κ3) is 4.77. The van der Waals surface area contributed by atoms with E-state index in [2.05, 4.69) is 23.8 Å². The van der Waals surface area contributed by atoms with Gasteiger partial charge in [0, 0.05) is 0 Å². The Labute approximate surface area is 184 Å². The lowest BCUT2D eigenvalue weighted by Gasteiger charge is -2.11. The van der Waals surface area contributed by atoms with Crippen LogP contribution in [0.15, 0.2) is 72.8 Å². The monoisotopic (exact) mass is 438 g/mol. The summed E-state index contributed by atoms with van der Waals surface area (Å²) in [6.45, 7) is -0.799. The second kappa shape index (κ2) is 9.43. The first kappa shape index (κ1) is 21.9. The minimum absolute atomic E-state index is 0.0739. The molecule has 0 saturated heterocycles. The maximum atomic E-state index is 14.9. The molecule has 4 aromatic rings. The van der Waals surface area contributed by atoms with E-state index in [1.54, 1.807) is 0 Å². The van der Waals surface area contributed by atoms with Crippen LogP contribution in [0.2, 0.25) is 0 Å². The van der Waals surface area contributed by atoms with Crippen molar-refractivity contribution in [3.8, 4) is 28.0 Å². The minimum atomic E-state index is -2.96. The highest BCUT2D eigenvalue weighted by molar-refractivity contribution is 5.88. The van der Waals surface area contributed by atoms with Gasteiger partial charge in [-0.05, 0) is 76.2 Å². The summed E-state index contributed by atoms with van der Waals surface area (Å²) >= 11 is 0. The van der Waals surface area contributed by atoms with Crippen molar-refractivity contribution < 1.29 is 22.3 Å². The summed E-state index contributed by atoms with van der Waals surface area (Å²) < 4.78 is 58.7. The maximum Gasteiger partial charge on any atom is 0.387 e. The molecule has 0 aliphatic carbocycles. The van der Waals surface area contributed by atoms with Crippen LogP contribution in [0.4, 0.5) is 17.6 Å². The Morgan fingerprint density at radius 3 is 2.00 bits per heavy atom. The fourth-order valence-electron chi connectivity index (χ4n) is 3.83. The van der Waals surface area contributed by atoms with Crippen LogP contribution in [0.3, 0.4) is 0 Å². The number of hydrogen-bond acceptors (Lipinski definition) is 1. The molecule has 4 rings (SSSR count). The Hall–Kier alpha value is -3.34. The van der Waals surface area contributed by atoms with Crippen molar-refractivity contribution in [2.75, 3.05) is 0 Å². The van der Waals surface area contributed by atoms with Crippen molar-refractivity contribution in [2.24, 2.45) is 0 Å². The van der Waals surface area contributed by atoms with Gasteiger partial charge in [0.2, 0.25) is 0 Å². The van der Waals surface area contributed by atoms with Crippen molar-refractivity contribution in [2.45, 2.75) is 32.8 Å². The molecule has 0 aliphatic heterocycles. The van der Waals surface area contributed by atoms with E-state index in [0.717, 1.165) is 30.0 Å². The number of ether oxygens (including phenoxy) is 1. The highest BCUT2D eigenvalue weighted by Gasteiger charge is 2.15. The Morgan fingerprint density at radius 1 is 0.719 bits per heavy atom. The van der Waals surface area contributed by atoms with E-state index in [4.69, 9.17) is 0 Å². The molecule has 0 N–H and O–H groups in total. The van der Waals surface area contributed by atoms with E-state index in [1.165, 1.54) is 42.0 Å². The van der Waals surface area contributed by atoms with Gasteiger partial charge in [0.05, 0.1) is 5.56 Å². The second-order valence-electron chi connectivity index (χ2n) is 7.72. The van der Waals surface area contributed by atoms with Crippen LogP contribution >= 0.6 is 0 Å². The highest BCUT2D eigenvalue weighted by Crippen LogP contribution is 2.33. The number of halogens is 4. The number of hydrogen-bond donors (Lipinski definition) is 0. The van der Waals surface area contributed by atoms with Crippen LogP contribution in [0, 0.1) is 11.6 Å². The molecule has 0 radical (unpaired) electrons. The Morgan fingerprint density at radius 2 is 1.34 bits per heavy atom. The maximum absolute atomic E-state index is 14.9. The first-order valence-corrected chi connectivity index (χ1v) is 10.5. The van der Waals surface area contributed by atoms with Crippen molar-refractivity contribution in [3.63, 3.8) is 0 Å². The number of rotatable bonds is 7. The van der Waals surface area contributed by atoms with E-state index < -0.39 is 18.2 Å². The van der Waals surface area contributed by atoms with Gasteiger partial charge in [0.15, 0.2) is 0 Å². The predicted molar refractivity (Wildman–Crippen MR) is 120 cm³/mol. The van der Waals surface area contributed by atoms with Crippen LogP contribution in [0.1, 0.15) is 25.3 Å². The van der Waals surface area contributed by atoms with Crippen LogP contribution < -0.4 is 4.74 Å². The normalized spacial score (nSPS) is 11.3. The molecule has 0 unspecified atom stereocenters. The smallest absolute Gasteiger partial charge is 0.387 e. The van der Waals surface area contributed by atoms with Crippen molar-refractivity contribution >= 4 is 10.8 Å². The summed E-state index contributed by atoms with van der Waals surface area (Å²) in [7, 11) is 0. The first-order chi connectivity index (χ1) is 15.4. The number of fused-ring (bicyclic) bond motifs is 1. The summed E-state index contributed by atoms with van der Waals surface area (Å²) in [4.78, 5) is 0. The number of benzene rings is 4. The summed E-state index contributed by atoms with van der Waals surface area (Å²) in [5.74, 6) is -1.52. The Balaban J connectivity index is 1.64. The quantitative estimate of drug-likeness (QED) is 0.263. The Bertz CT molecular complexity index is 1210. The lowest BCUT2D eigenvalue weighted by Crippen LogP contribution is -2.01. The fraction of sp³-hybridized carbons (Fsp3) is 0.185. The molecule has 1 nitrogen and oxygen atoms in total. The first-order valence-electron chi connectivity index (χ1n) is 10.5. The van der Waals surface area contributed by atoms with Crippen LogP contribution in [-0.4, -0.2) is 6.61 Å². The average molecular weight is 438 g/mol. The molecule has 0 amide bonds. The van der Waals surface area contributed by atoms with Gasteiger partial charge in [0.25, 0.3) is 0 Å². The van der Waals surface area contributed by atoms with Gasteiger partial charge in [-0.2, -0.15) is 8.78 Å². The number of alkyl halides is 2. The minimum Gasteiger partial charge on any atom is -0.435 e. The predicted octanol–water partition coefficient (Wildman–Crippen LogP) is 8.40. The zero-order valence-electron chi connectivity index (χ0n) is 17.5. The van der Waals surface area contributed by atoms with Crippen LogP contribution in [0.5, 0.6) is 5.75 Å². The third-order valence-electron chi connectivity index (χ3n) is 5.47. The summed E-state index contributed by atoms with van der Waals surface area (Å²) in [5, 5.41) is 2.09. The molecule has 5 heteroatoms. The van der Waals surface area contributed by atoms with Gasteiger partial charge >= 0.3 is 6.61 Å². The molecule has 0 bridgehead atoms. The Kier molecular flexibility index (Phi) is 6.45. The van der Waals surface area contributed by atoms with Gasteiger partial charge in [-0.3, -0.25) is 0 Å². The van der Waals surface area contributed by atoms with Gasteiger partial charge in [-0.1, -0.05) is 55.8 Å². The summed E-state index contributed by atoms with van der Waals surface area (Å²) in [6.07, 6.45) is 3.30. The topological polar surface area (TPSA) is 9.23 Å². The molecule has 32 heavy (non-hydrogen) atoms. The molecular weight excluding hydrogens is 416 g/mol. The highest BCUT2D eigenvalue weighted by atomic mass is 19.3. The van der Waals surface area contributed by atoms with Crippen LogP contribution in [0.25, 0.3) is 33.0 Å². The number of aryl methyl sites for hydroxylation is 1. The molecule has 0 spiro atoms. The summed E-state index contributed by atoms with van der Waals surface area (Å²) in [5.41, 5.74) is 2.45.